The summed E-state index contributed by atoms with van der Waals surface area (Å²) in [5.41, 5.74) is 4.51. The predicted octanol–water partition coefficient (Wildman–Crippen LogP) is 2.84. The number of hydrogen-bond acceptors (Lipinski definition) is 4. The van der Waals surface area contributed by atoms with E-state index in [-0.39, 0.29) is 0 Å². The Kier molecular flexibility index (Phi) is 6.47. The van der Waals surface area contributed by atoms with Gasteiger partial charge in [-0.2, -0.15) is 5.10 Å². The van der Waals surface area contributed by atoms with Gasteiger partial charge in [-0.25, -0.2) is 5.43 Å². The number of nitrogens with zero attached hydrogens (tertiary/aromatic N) is 1. The highest BCUT2D eigenvalue weighted by molar-refractivity contribution is 6.39. The predicted molar refractivity (Wildman–Crippen MR) is 98.4 cm³/mol. The van der Waals surface area contributed by atoms with Gasteiger partial charge < -0.3 is 10.1 Å². The van der Waals surface area contributed by atoms with Gasteiger partial charge in [0.2, 0.25) is 0 Å². The largest absolute Gasteiger partial charge is 0.497 e. The summed E-state index contributed by atoms with van der Waals surface area (Å²) >= 11 is 0. The summed E-state index contributed by atoms with van der Waals surface area (Å²) < 4.78 is 5.06. The third-order valence-corrected chi connectivity index (χ3v) is 3.16. The molecule has 0 aliphatic rings. The summed E-state index contributed by atoms with van der Waals surface area (Å²) in [6, 6.07) is 16.4. The average molecular weight is 337 g/mol. The van der Waals surface area contributed by atoms with Crippen molar-refractivity contribution >= 4 is 29.8 Å². The number of amides is 2. The molecule has 0 saturated carbocycles. The lowest BCUT2D eigenvalue weighted by Crippen LogP contribution is -2.32. The third kappa shape index (κ3) is 5.95. The monoisotopic (exact) mass is 337 g/mol. The number of hydrogen-bond donors (Lipinski definition) is 2. The molecule has 2 rings (SSSR count). The molecule has 0 spiro atoms. The van der Waals surface area contributed by atoms with E-state index >= 15 is 0 Å². The van der Waals surface area contributed by atoms with Crippen molar-refractivity contribution in [2.24, 2.45) is 5.10 Å². The summed E-state index contributed by atoms with van der Waals surface area (Å²) in [5, 5.41) is 6.26. The number of hydrazone groups is 1. The van der Waals surface area contributed by atoms with Crippen LogP contribution in [0.3, 0.4) is 0 Å². The van der Waals surface area contributed by atoms with E-state index in [1.165, 1.54) is 13.3 Å². The lowest BCUT2D eigenvalue weighted by molar-refractivity contribution is -0.136. The number of allylic oxidation sites excluding steroid dienone is 1. The second-order valence-electron chi connectivity index (χ2n) is 5.18. The zero-order chi connectivity index (χ0) is 18.1. The molecule has 2 aromatic carbocycles. The van der Waals surface area contributed by atoms with Crippen LogP contribution in [0.25, 0.3) is 6.08 Å². The Labute approximate surface area is 146 Å². The Morgan fingerprint density at radius 1 is 1.04 bits per heavy atom. The van der Waals surface area contributed by atoms with Gasteiger partial charge in [0.15, 0.2) is 0 Å². The van der Waals surface area contributed by atoms with E-state index in [0.29, 0.717) is 11.4 Å². The van der Waals surface area contributed by atoms with Crippen LogP contribution in [0.2, 0.25) is 0 Å². The highest BCUT2D eigenvalue weighted by atomic mass is 16.5. The SMILES string of the molecule is COc1cccc(NC(=O)C(=O)N/N=C/C(C)=C\c2ccccc2)c1. The molecule has 128 valence electrons. The van der Waals surface area contributed by atoms with E-state index in [4.69, 9.17) is 4.74 Å². The van der Waals surface area contributed by atoms with Gasteiger partial charge in [-0.05, 0) is 30.2 Å². The number of rotatable bonds is 5. The number of carbonyl (C=O) groups excluding carboxylic acids is 2. The lowest BCUT2D eigenvalue weighted by atomic mass is 10.1. The number of methoxy groups -OCH3 is 1. The van der Waals surface area contributed by atoms with Crippen molar-refractivity contribution in [3.63, 3.8) is 0 Å². The molecule has 0 atom stereocenters. The standard InChI is InChI=1S/C19H19N3O3/c1-14(11-15-7-4-3-5-8-15)13-20-22-19(24)18(23)21-16-9-6-10-17(12-16)25-2/h3-13H,1-2H3,(H,21,23)(H,22,24)/b14-11-,20-13+. The van der Waals surface area contributed by atoms with Gasteiger partial charge in [0.1, 0.15) is 5.75 Å². The summed E-state index contributed by atoms with van der Waals surface area (Å²) in [4.78, 5) is 23.6. The molecule has 0 bridgehead atoms. The van der Waals surface area contributed by atoms with Crippen LogP contribution in [-0.4, -0.2) is 25.1 Å². The van der Waals surface area contributed by atoms with Crippen molar-refractivity contribution < 1.29 is 14.3 Å². The molecule has 25 heavy (non-hydrogen) atoms. The Morgan fingerprint density at radius 3 is 2.52 bits per heavy atom. The topological polar surface area (TPSA) is 79.8 Å². The first-order valence-electron chi connectivity index (χ1n) is 7.60. The molecule has 2 amide bonds. The highest BCUT2D eigenvalue weighted by Crippen LogP contribution is 2.16. The van der Waals surface area contributed by atoms with Crippen LogP contribution in [0.5, 0.6) is 5.75 Å². The maximum Gasteiger partial charge on any atom is 0.329 e. The first-order chi connectivity index (χ1) is 12.1. The summed E-state index contributed by atoms with van der Waals surface area (Å²) in [7, 11) is 1.52. The van der Waals surface area contributed by atoms with Crippen LogP contribution in [0.15, 0.2) is 65.3 Å². The van der Waals surface area contributed by atoms with E-state index in [1.54, 1.807) is 24.3 Å². The minimum absolute atomic E-state index is 0.462. The summed E-state index contributed by atoms with van der Waals surface area (Å²) in [6.07, 6.45) is 3.38. The molecule has 0 saturated heterocycles. The normalized spacial score (nSPS) is 11.2. The van der Waals surface area contributed by atoms with E-state index in [1.807, 2.05) is 43.3 Å². The number of carbonyl (C=O) groups is 2. The van der Waals surface area contributed by atoms with Crippen molar-refractivity contribution in [1.29, 1.82) is 0 Å². The van der Waals surface area contributed by atoms with Gasteiger partial charge in [0.05, 0.1) is 13.3 Å². The van der Waals surface area contributed by atoms with Crippen LogP contribution in [0.4, 0.5) is 5.69 Å². The van der Waals surface area contributed by atoms with Gasteiger partial charge in [-0.1, -0.05) is 42.5 Å². The zero-order valence-electron chi connectivity index (χ0n) is 14.0. The Balaban J connectivity index is 1.88. The van der Waals surface area contributed by atoms with Crippen LogP contribution >= 0.6 is 0 Å². The molecule has 0 radical (unpaired) electrons. The molecule has 6 nitrogen and oxygen atoms in total. The fourth-order valence-electron chi connectivity index (χ4n) is 1.98. The zero-order valence-corrected chi connectivity index (χ0v) is 14.0. The summed E-state index contributed by atoms with van der Waals surface area (Å²) in [6.45, 7) is 1.85. The minimum Gasteiger partial charge on any atom is -0.497 e. The van der Waals surface area contributed by atoms with Crippen molar-refractivity contribution in [3.05, 3.63) is 65.7 Å². The van der Waals surface area contributed by atoms with E-state index in [2.05, 4.69) is 15.8 Å². The fourth-order valence-corrected chi connectivity index (χ4v) is 1.98. The van der Waals surface area contributed by atoms with E-state index < -0.39 is 11.8 Å². The first kappa shape index (κ1) is 17.9. The average Bonchev–Trinajstić information content (AvgIpc) is 2.62. The molecular weight excluding hydrogens is 318 g/mol. The molecule has 0 aliphatic heterocycles. The van der Waals surface area contributed by atoms with Crippen LogP contribution in [0.1, 0.15) is 12.5 Å². The smallest absolute Gasteiger partial charge is 0.329 e. The number of anilines is 1. The number of ether oxygens (including phenoxy) is 1. The maximum atomic E-state index is 11.8. The molecule has 6 heteroatoms. The molecule has 2 N–H and O–H groups in total. The van der Waals surface area contributed by atoms with E-state index in [9.17, 15) is 9.59 Å². The molecule has 2 aromatic rings. The summed E-state index contributed by atoms with van der Waals surface area (Å²) in [5.74, 6) is -1.08. The molecule has 0 aromatic heterocycles. The van der Waals surface area contributed by atoms with Crippen LogP contribution in [0, 0.1) is 0 Å². The second kappa shape index (κ2) is 9.02. The molecular formula is C19H19N3O3. The number of benzene rings is 2. The van der Waals surface area contributed by atoms with Crippen molar-refractivity contribution in [1.82, 2.24) is 5.43 Å². The van der Waals surface area contributed by atoms with Crippen molar-refractivity contribution in [2.45, 2.75) is 6.92 Å². The van der Waals surface area contributed by atoms with Gasteiger partial charge >= 0.3 is 11.8 Å². The molecule has 0 fully saturated rings. The van der Waals surface area contributed by atoms with Crippen LogP contribution in [-0.2, 0) is 9.59 Å². The van der Waals surface area contributed by atoms with Gasteiger partial charge in [0.25, 0.3) is 0 Å². The quantitative estimate of drug-likeness (QED) is 0.500. The molecule has 0 unspecified atom stereocenters. The Hall–Kier alpha value is -3.41. The van der Waals surface area contributed by atoms with Crippen molar-refractivity contribution in [2.75, 3.05) is 12.4 Å². The Morgan fingerprint density at radius 2 is 1.80 bits per heavy atom. The van der Waals surface area contributed by atoms with E-state index in [0.717, 1.165) is 11.1 Å². The van der Waals surface area contributed by atoms with Gasteiger partial charge in [-0.15, -0.1) is 0 Å². The first-order valence-corrected chi connectivity index (χ1v) is 7.60. The molecule has 0 aliphatic carbocycles. The third-order valence-electron chi connectivity index (χ3n) is 3.16. The highest BCUT2D eigenvalue weighted by Gasteiger charge is 2.12. The van der Waals surface area contributed by atoms with Crippen molar-refractivity contribution in [3.8, 4) is 5.75 Å². The fraction of sp³-hybridized carbons (Fsp3) is 0.105. The second-order valence-corrected chi connectivity index (χ2v) is 5.18. The lowest BCUT2D eigenvalue weighted by Gasteiger charge is -2.05. The molecule has 0 heterocycles. The van der Waals surface area contributed by atoms with Gasteiger partial charge in [0, 0.05) is 11.8 Å². The van der Waals surface area contributed by atoms with Gasteiger partial charge in [-0.3, -0.25) is 9.59 Å². The Bertz CT molecular complexity index is 799. The maximum absolute atomic E-state index is 11.8. The van der Waals surface area contributed by atoms with Crippen LogP contribution < -0.4 is 15.5 Å². The minimum atomic E-state index is -0.855. The number of nitrogens with one attached hydrogen (secondary N) is 2.